The predicted molar refractivity (Wildman–Crippen MR) is 101 cm³/mol. The molecule has 3 aromatic rings. The van der Waals surface area contributed by atoms with Gasteiger partial charge in [0.2, 0.25) is 0 Å². The summed E-state index contributed by atoms with van der Waals surface area (Å²) >= 11 is 0. The van der Waals surface area contributed by atoms with Crippen molar-refractivity contribution in [3.63, 3.8) is 0 Å². The Hall–Kier alpha value is -2.93. The lowest BCUT2D eigenvalue weighted by Crippen LogP contribution is -2.28. The van der Waals surface area contributed by atoms with Crippen molar-refractivity contribution in [1.29, 1.82) is 0 Å². The van der Waals surface area contributed by atoms with E-state index in [9.17, 15) is 39.2 Å². The number of alkyl halides is 3. The fourth-order valence-electron chi connectivity index (χ4n) is 2.76. The van der Waals surface area contributed by atoms with Gasteiger partial charge < -0.3 is 8.60 Å². The van der Waals surface area contributed by atoms with E-state index in [1.54, 1.807) is 0 Å². The monoisotopic (exact) mass is 480 g/mol. The number of rotatable bonds is 6. The zero-order valence-corrected chi connectivity index (χ0v) is 17.1. The average Bonchev–Trinajstić information content (AvgIpc) is 2.97. The number of furan rings is 1. The van der Waals surface area contributed by atoms with Gasteiger partial charge in [-0.2, -0.15) is 21.6 Å². The Labute approximate surface area is 173 Å². The second-order valence-corrected chi connectivity index (χ2v) is 10.2. The maximum absolute atomic E-state index is 13.2. The van der Waals surface area contributed by atoms with E-state index in [1.165, 1.54) is 12.1 Å². The number of fused-ring (bicyclic) bond motifs is 1. The van der Waals surface area contributed by atoms with Crippen LogP contribution in [0.2, 0.25) is 0 Å². The fraction of sp³-hybridized carbons (Fsp3) is 0.167. The van der Waals surface area contributed by atoms with Gasteiger partial charge in [-0.3, -0.25) is 4.79 Å². The predicted octanol–water partition coefficient (Wildman–Crippen LogP) is 3.82. The number of carbonyl (C=O) groups is 1. The third kappa shape index (κ3) is 4.71. The minimum Gasteiger partial charge on any atom is -0.455 e. The maximum Gasteiger partial charge on any atom is 0.534 e. The first-order valence-corrected chi connectivity index (χ1v) is 11.7. The van der Waals surface area contributed by atoms with Gasteiger partial charge in [0.1, 0.15) is 22.9 Å². The van der Waals surface area contributed by atoms with E-state index < -0.39 is 48.3 Å². The van der Waals surface area contributed by atoms with Crippen molar-refractivity contribution in [2.24, 2.45) is 0 Å². The number of sulfone groups is 1. The van der Waals surface area contributed by atoms with Crippen LogP contribution in [0.4, 0.5) is 17.6 Å². The minimum atomic E-state index is -6.12. The molecule has 0 spiro atoms. The second-order valence-electron chi connectivity index (χ2n) is 6.48. The molecule has 166 valence electrons. The van der Waals surface area contributed by atoms with Crippen LogP contribution in [0.1, 0.15) is 15.9 Å². The summed E-state index contributed by atoms with van der Waals surface area (Å²) < 4.78 is 107. The number of hydrogen-bond acceptors (Lipinski definition) is 7. The third-order valence-electron chi connectivity index (χ3n) is 4.03. The minimum absolute atomic E-state index is 0.0777. The molecule has 0 aliphatic heterocycles. The molecule has 0 fully saturated rings. The SMILES string of the molecule is CS(=O)(=O)Cc1cc2oc(-c3ccc(F)cc3)c(C=O)c2cc1OS(=O)(=O)C(F)(F)F. The van der Waals surface area contributed by atoms with Crippen LogP contribution in [0, 0.1) is 5.82 Å². The molecule has 0 bridgehead atoms. The van der Waals surface area contributed by atoms with Crippen molar-refractivity contribution in [3.8, 4) is 17.1 Å². The van der Waals surface area contributed by atoms with Crippen LogP contribution < -0.4 is 4.18 Å². The molecule has 31 heavy (non-hydrogen) atoms. The summed E-state index contributed by atoms with van der Waals surface area (Å²) in [5, 5.41) is -0.126. The van der Waals surface area contributed by atoms with Crippen molar-refractivity contribution in [2.45, 2.75) is 11.3 Å². The summed E-state index contributed by atoms with van der Waals surface area (Å²) in [7, 11) is -9.96. The molecule has 2 aromatic carbocycles. The maximum atomic E-state index is 13.2. The molecular formula is C18H12F4O7S2. The highest BCUT2D eigenvalue weighted by Crippen LogP contribution is 2.38. The van der Waals surface area contributed by atoms with E-state index >= 15 is 0 Å². The molecule has 0 amide bonds. The topological polar surface area (TPSA) is 108 Å². The van der Waals surface area contributed by atoms with Gasteiger partial charge in [0, 0.05) is 22.8 Å². The Bertz CT molecular complexity index is 1370. The highest BCUT2D eigenvalue weighted by atomic mass is 32.2. The van der Waals surface area contributed by atoms with Gasteiger partial charge in [0.15, 0.2) is 16.1 Å². The van der Waals surface area contributed by atoms with E-state index in [-0.39, 0.29) is 27.9 Å². The van der Waals surface area contributed by atoms with Crippen LogP contribution in [-0.2, 0) is 25.7 Å². The first-order valence-electron chi connectivity index (χ1n) is 8.21. The zero-order chi connectivity index (χ0) is 23.2. The van der Waals surface area contributed by atoms with Crippen molar-refractivity contribution in [1.82, 2.24) is 0 Å². The lowest BCUT2D eigenvalue weighted by Gasteiger charge is -2.13. The number of halogens is 4. The van der Waals surface area contributed by atoms with E-state index in [0.717, 1.165) is 30.5 Å². The first-order chi connectivity index (χ1) is 14.2. The normalized spacial score (nSPS) is 12.8. The van der Waals surface area contributed by atoms with Gasteiger partial charge in [-0.25, -0.2) is 12.8 Å². The van der Waals surface area contributed by atoms with Gasteiger partial charge in [-0.1, -0.05) is 0 Å². The van der Waals surface area contributed by atoms with Crippen molar-refractivity contribution < 1.29 is 47.8 Å². The van der Waals surface area contributed by atoms with Crippen LogP contribution >= 0.6 is 0 Å². The highest BCUT2D eigenvalue weighted by molar-refractivity contribution is 7.90. The lowest BCUT2D eigenvalue weighted by atomic mass is 10.1. The summed E-state index contributed by atoms with van der Waals surface area (Å²) in [5.41, 5.74) is -6.25. The van der Waals surface area contributed by atoms with Crippen LogP contribution in [0.5, 0.6) is 5.75 Å². The van der Waals surface area contributed by atoms with Crippen molar-refractivity contribution >= 4 is 37.2 Å². The van der Waals surface area contributed by atoms with Gasteiger partial charge >= 0.3 is 15.6 Å². The summed E-state index contributed by atoms with van der Waals surface area (Å²) in [6.07, 6.45) is 1.09. The van der Waals surface area contributed by atoms with E-state index in [1.807, 2.05) is 0 Å². The molecule has 0 radical (unpaired) electrons. The van der Waals surface area contributed by atoms with Gasteiger partial charge in [-0.05, 0) is 36.4 Å². The lowest BCUT2D eigenvalue weighted by molar-refractivity contribution is -0.0500. The average molecular weight is 480 g/mol. The Morgan fingerprint density at radius 3 is 2.19 bits per heavy atom. The molecule has 0 atom stereocenters. The van der Waals surface area contributed by atoms with Crippen LogP contribution in [0.3, 0.4) is 0 Å². The first kappa shape index (κ1) is 22.7. The Balaban J connectivity index is 2.27. The number of hydrogen-bond donors (Lipinski definition) is 0. The largest absolute Gasteiger partial charge is 0.534 e. The summed E-state index contributed by atoms with van der Waals surface area (Å²) in [6.45, 7) is 0. The van der Waals surface area contributed by atoms with Crippen molar-refractivity contribution in [2.75, 3.05) is 6.26 Å². The molecule has 0 N–H and O–H groups in total. The second kappa shape index (κ2) is 7.64. The molecule has 1 heterocycles. The van der Waals surface area contributed by atoms with E-state index in [0.29, 0.717) is 6.29 Å². The van der Waals surface area contributed by atoms with E-state index in [4.69, 9.17) is 4.42 Å². The summed E-state index contributed by atoms with van der Waals surface area (Å²) in [6, 6.07) is 6.47. The smallest absolute Gasteiger partial charge is 0.455 e. The molecule has 0 aliphatic rings. The Morgan fingerprint density at radius 1 is 1.06 bits per heavy atom. The molecule has 0 saturated heterocycles. The highest BCUT2D eigenvalue weighted by Gasteiger charge is 2.49. The summed E-state index contributed by atoms with van der Waals surface area (Å²) in [4.78, 5) is 11.6. The quantitative estimate of drug-likeness (QED) is 0.228. The third-order valence-corrected chi connectivity index (χ3v) is 5.84. The molecule has 0 unspecified atom stereocenters. The number of aldehydes is 1. The molecule has 0 aliphatic carbocycles. The Morgan fingerprint density at radius 2 is 1.68 bits per heavy atom. The van der Waals surface area contributed by atoms with Gasteiger partial charge in [0.05, 0.1) is 11.3 Å². The van der Waals surface area contributed by atoms with E-state index in [2.05, 4.69) is 4.18 Å². The van der Waals surface area contributed by atoms with Gasteiger partial charge in [-0.15, -0.1) is 0 Å². The molecule has 0 saturated carbocycles. The van der Waals surface area contributed by atoms with Crippen LogP contribution in [0.15, 0.2) is 40.8 Å². The number of carbonyl (C=O) groups excluding carboxylic acids is 1. The van der Waals surface area contributed by atoms with Crippen LogP contribution in [0.25, 0.3) is 22.3 Å². The zero-order valence-electron chi connectivity index (χ0n) is 15.4. The number of benzene rings is 2. The van der Waals surface area contributed by atoms with Gasteiger partial charge in [0.25, 0.3) is 0 Å². The summed E-state index contributed by atoms with van der Waals surface area (Å²) in [5.74, 6) is -2.44. The standard InChI is InChI=1S/C18H12F4O7S2/c1-30(24,25)9-11-6-16-13(7-15(11)29-31(26,27)18(20,21)22)14(8-23)17(28-16)10-2-4-12(19)5-3-10/h2-8H,9H2,1H3. The Kier molecular flexibility index (Phi) is 5.61. The molecule has 1 aromatic heterocycles. The molecule has 7 nitrogen and oxygen atoms in total. The molecular weight excluding hydrogens is 468 g/mol. The fourth-order valence-corrected chi connectivity index (χ4v) is 4.03. The van der Waals surface area contributed by atoms with Crippen LogP contribution in [-0.4, -0.2) is 34.9 Å². The van der Waals surface area contributed by atoms with Crippen molar-refractivity contribution in [3.05, 3.63) is 53.3 Å². The molecule has 3 rings (SSSR count). The molecule has 13 heteroatoms.